The third-order valence-electron chi connectivity index (χ3n) is 0.860. The van der Waals surface area contributed by atoms with E-state index in [4.69, 9.17) is 0 Å². The van der Waals surface area contributed by atoms with Crippen LogP contribution in [0.2, 0.25) is 0 Å². The highest BCUT2D eigenvalue weighted by atomic mass is 31.0. The summed E-state index contributed by atoms with van der Waals surface area (Å²) in [6.45, 7) is 2.21. The van der Waals surface area contributed by atoms with Crippen LogP contribution in [0.1, 0.15) is 26.2 Å². The Morgan fingerprint density at radius 2 is 2.29 bits per heavy atom. The van der Waals surface area contributed by atoms with Gasteiger partial charge < -0.3 is 0 Å². The summed E-state index contributed by atoms with van der Waals surface area (Å²) in [6.07, 6.45) is 6.04. The minimum absolute atomic E-state index is 1.24. The number of hydrogen-bond acceptors (Lipinski definition) is 0. The predicted molar refractivity (Wildman–Crippen MR) is 38.4 cm³/mol. The Balaban J connectivity index is 2.69. The first-order valence-electron chi connectivity index (χ1n) is 2.78. The van der Waals surface area contributed by atoms with Crippen molar-refractivity contribution < 1.29 is 0 Å². The fourth-order valence-electron chi connectivity index (χ4n) is 0.418. The van der Waals surface area contributed by atoms with Crippen molar-refractivity contribution in [1.82, 2.24) is 0 Å². The molecule has 0 nitrogen and oxygen atoms in total. The average molecular weight is 116 g/mol. The summed E-state index contributed by atoms with van der Waals surface area (Å²) in [4.78, 5) is 0. The lowest BCUT2D eigenvalue weighted by atomic mass is 10.2. The van der Waals surface area contributed by atoms with Gasteiger partial charge in [-0.05, 0) is 6.42 Å². The topological polar surface area (TPSA) is 0 Å². The minimum atomic E-state index is 1.24. The van der Waals surface area contributed by atoms with Gasteiger partial charge in [-0.15, -0.1) is 9.24 Å². The van der Waals surface area contributed by atoms with E-state index in [2.05, 4.69) is 22.2 Å². The summed E-state index contributed by atoms with van der Waals surface area (Å²) in [5.74, 6) is 2.02. The molecule has 0 fully saturated rings. The second-order valence-electron chi connectivity index (χ2n) is 1.57. The Kier molecular flexibility index (Phi) is 6.32. The first-order valence-corrected chi connectivity index (χ1v) is 3.45. The SMILES string of the molecule is CCCCC=CP. The van der Waals surface area contributed by atoms with Crippen LogP contribution < -0.4 is 0 Å². The molecular weight excluding hydrogens is 103 g/mol. The van der Waals surface area contributed by atoms with Crippen molar-refractivity contribution in [2.24, 2.45) is 0 Å². The smallest absolute Gasteiger partial charge is 0.0347 e. The van der Waals surface area contributed by atoms with Crippen LogP contribution in [0, 0.1) is 0 Å². The third kappa shape index (κ3) is 6.17. The van der Waals surface area contributed by atoms with Gasteiger partial charge in [0.15, 0.2) is 0 Å². The molecule has 0 aromatic carbocycles. The van der Waals surface area contributed by atoms with E-state index in [9.17, 15) is 0 Å². The molecule has 0 aliphatic heterocycles. The Morgan fingerprint density at radius 1 is 1.57 bits per heavy atom. The van der Waals surface area contributed by atoms with Gasteiger partial charge in [0, 0.05) is 0 Å². The Hall–Kier alpha value is 0.170. The average Bonchev–Trinajstić information content (AvgIpc) is 1.69. The highest BCUT2D eigenvalue weighted by molar-refractivity contribution is 7.20. The molecule has 0 aliphatic rings. The highest BCUT2D eigenvalue weighted by Crippen LogP contribution is 1.95. The summed E-state index contributed by atoms with van der Waals surface area (Å²) in [5, 5.41) is 0. The number of rotatable bonds is 3. The molecule has 1 unspecified atom stereocenters. The summed E-state index contributed by atoms with van der Waals surface area (Å²) in [5.41, 5.74) is 0. The Labute approximate surface area is 48.2 Å². The molecule has 0 aliphatic carbocycles. The van der Waals surface area contributed by atoms with Crippen LogP contribution in [0.15, 0.2) is 11.9 Å². The first kappa shape index (κ1) is 7.17. The van der Waals surface area contributed by atoms with E-state index in [1.165, 1.54) is 19.3 Å². The maximum atomic E-state index is 2.57. The largest absolute Gasteiger partial charge is 0.114 e. The zero-order valence-electron chi connectivity index (χ0n) is 4.85. The predicted octanol–water partition coefficient (Wildman–Crippen LogP) is 2.57. The van der Waals surface area contributed by atoms with E-state index in [1.54, 1.807) is 0 Å². The number of unbranched alkanes of at least 4 members (excludes halogenated alkanes) is 2. The van der Waals surface area contributed by atoms with Crippen LogP contribution in [-0.4, -0.2) is 0 Å². The molecule has 0 rings (SSSR count). The molecule has 0 heterocycles. The molecule has 0 saturated heterocycles. The lowest BCUT2D eigenvalue weighted by Crippen LogP contribution is -1.62. The Bertz CT molecular complexity index is 48.1. The lowest BCUT2D eigenvalue weighted by Gasteiger charge is -1.83. The number of hydrogen-bond donors (Lipinski definition) is 0. The molecule has 0 amide bonds. The van der Waals surface area contributed by atoms with Crippen LogP contribution in [0.4, 0.5) is 0 Å². The second kappa shape index (κ2) is 6.17. The molecule has 0 spiro atoms. The summed E-state index contributed by atoms with van der Waals surface area (Å²) in [6, 6.07) is 0. The molecule has 0 bridgehead atoms. The lowest BCUT2D eigenvalue weighted by molar-refractivity contribution is 0.815. The zero-order chi connectivity index (χ0) is 5.54. The molecule has 0 radical (unpaired) electrons. The van der Waals surface area contributed by atoms with Gasteiger partial charge >= 0.3 is 0 Å². The van der Waals surface area contributed by atoms with Gasteiger partial charge in [0.2, 0.25) is 0 Å². The maximum absolute atomic E-state index is 2.57. The summed E-state index contributed by atoms with van der Waals surface area (Å²) >= 11 is 0. The molecule has 1 atom stereocenters. The molecule has 0 N–H and O–H groups in total. The summed E-state index contributed by atoms with van der Waals surface area (Å²) in [7, 11) is 2.57. The minimum Gasteiger partial charge on any atom is -0.114 e. The molecule has 1 heteroatoms. The first-order chi connectivity index (χ1) is 3.41. The van der Waals surface area contributed by atoms with Gasteiger partial charge in [-0.2, -0.15) is 0 Å². The molecule has 0 saturated carbocycles. The van der Waals surface area contributed by atoms with Gasteiger partial charge in [0.05, 0.1) is 0 Å². The molecular formula is C6H13P. The van der Waals surface area contributed by atoms with Gasteiger partial charge in [-0.3, -0.25) is 0 Å². The van der Waals surface area contributed by atoms with E-state index < -0.39 is 0 Å². The quantitative estimate of drug-likeness (QED) is 0.392. The third-order valence-corrected chi connectivity index (χ3v) is 1.13. The van der Waals surface area contributed by atoms with Crippen LogP contribution in [0.25, 0.3) is 0 Å². The van der Waals surface area contributed by atoms with E-state index in [0.29, 0.717) is 0 Å². The maximum Gasteiger partial charge on any atom is -0.0347 e. The van der Waals surface area contributed by atoms with Gasteiger partial charge in [-0.25, -0.2) is 0 Å². The molecule has 42 valence electrons. The number of allylic oxidation sites excluding steroid dienone is 1. The molecule has 0 aromatic rings. The fraction of sp³-hybridized carbons (Fsp3) is 0.667. The van der Waals surface area contributed by atoms with Gasteiger partial charge in [-0.1, -0.05) is 31.7 Å². The Morgan fingerprint density at radius 3 is 2.71 bits per heavy atom. The zero-order valence-corrected chi connectivity index (χ0v) is 6.01. The van der Waals surface area contributed by atoms with Crippen molar-refractivity contribution in [3.8, 4) is 0 Å². The van der Waals surface area contributed by atoms with Crippen molar-refractivity contribution >= 4 is 9.24 Å². The normalized spacial score (nSPS) is 10.6. The van der Waals surface area contributed by atoms with Gasteiger partial charge in [0.25, 0.3) is 0 Å². The van der Waals surface area contributed by atoms with Crippen molar-refractivity contribution in [3.05, 3.63) is 11.9 Å². The van der Waals surface area contributed by atoms with E-state index in [-0.39, 0.29) is 0 Å². The van der Waals surface area contributed by atoms with Crippen LogP contribution in [-0.2, 0) is 0 Å². The van der Waals surface area contributed by atoms with Crippen molar-refractivity contribution in [2.75, 3.05) is 0 Å². The highest BCUT2D eigenvalue weighted by Gasteiger charge is 1.73. The van der Waals surface area contributed by atoms with Crippen LogP contribution in [0.3, 0.4) is 0 Å². The van der Waals surface area contributed by atoms with Crippen molar-refractivity contribution in [2.45, 2.75) is 26.2 Å². The molecule has 0 aromatic heterocycles. The van der Waals surface area contributed by atoms with Crippen LogP contribution >= 0.6 is 9.24 Å². The van der Waals surface area contributed by atoms with Gasteiger partial charge in [0.1, 0.15) is 0 Å². The monoisotopic (exact) mass is 116 g/mol. The second-order valence-corrected chi connectivity index (χ2v) is 1.96. The fourth-order valence-corrected chi connectivity index (χ4v) is 0.611. The van der Waals surface area contributed by atoms with Crippen LogP contribution in [0.5, 0.6) is 0 Å². The van der Waals surface area contributed by atoms with Crippen molar-refractivity contribution in [3.63, 3.8) is 0 Å². The van der Waals surface area contributed by atoms with E-state index >= 15 is 0 Å². The van der Waals surface area contributed by atoms with E-state index in [1.807, 2.05) is 5.82 Å². The standard InChI is InChI=1S/C6H13P/c1-2-3-4-5-6-7/h5-6H,2-4,7H2,1H3. The molecule has 7 heavy (non-hydrogen) atoms. The summed E-state index contributed by atoms with van der Waals surface area (Å²) < 4.78 is 0. The van der Waals surface area contributed by atoms with E-state index in [0.717, 1.165) is 0 Å². The van der Waals surface area contributed by atoms with Crippen molar-refractivity contribution in [1.29, 1.82) is 0 Å².